The zero-order valence-electron chi connectivity index (χ0n) is 6.79. The highest BCUT2D eigenvalue weighted by atomic mass is 16.7. The lowest BCUT2D eigenvalue weighted by Gasteiger charge is -2.19. The van der Waals surface area contributed by atoms with Gasteiger partial charge in [0.2, 0.25) is 0 Å². The van der Waals surface area contributed by atoms with E-state index in [0.29, 0.717) is 13.2 Å². The first-order chi connectivity index (χ1) is 5.43. The molecule has 0 bridgehead atoms. The van der Waals surface area contributed by atoms with Gasteiger partial charge in [-0.15, -0.1) is 0 Å². The van der Waals surface area contributed by atoms with Crippen LogP contribution >= 0.6 is 0 Å². The van der Waals surface area contributed by atoms with E-state index in [2.05, 4.69) is 0 Å². The zero-order chi connectivity index (χ0) is 7.94. The fourth-order valence-electron chi connectivity index (χ4n) is 0.897. The van der Waals surface area contributed by atoms with E-state index < -0.39 is 0 Å². The predicted molar refractivity (Wildman–Crippen MR) is 41.1 cm³/mol. The van der Waals surface area contributed by atoms with E-state index in [4.69, 9.17) is 14.2 Å². The first kappa shape index (κ1) is 8.56. The second-order valence-corrected chi connectivity index (χ2v) is 2.38. The number of rotatable bonds is 4. The average molecular weight is 158 g/mol. The Hall–Kier alpha value is -0.540. The summed E-state index contributed by atoms with van der Waals surface area (Å²) >= 11 is 0. The van der Waals surface area contributed by atoms with Gasteiger partial charge < -0.3 is 14.2 Å². The lowest BCUT2D eigenvalue weighted by atomic mass is 10.3. The van der Waals surface area contributed by atoms with Crippen LogP contribution in [0, 0.1) is 0 Å². The minimum atomic E-state index is -0.0600. The van der Waals surface area contributed by atoms with Crippen molar-refractivity contribution in [1.29, 1.82) is 0 Å². The molecule has 0 fully saturated rings. The predicted octanol–water partition coefficient (Wildman–Crippen LogP) is 1.30. The van der Waals surface area contributed by atoms with Crippen LogP contribution in [-0.4, -0.2) is 26.6 Å². The summed E-state index contributed by atoms with van der Waals surface area (Å²) < 4.78 is 15.3. The first-order valence-electron chi connectivity index (χ1n) is 3.84. The van der Waals surface area contributed by atoms with E-state index in [1.54, 1.807) is 13.4 Å². The summed E-state index contributed by atoms with van der Waals surface area (Å²) in [5.41, 5.74) is 0. The van der Waals surface area contributed by atoms with Crippen LogP contribution in [0.15, 0.2) is 12.3 Å². The molecule has 1 atom stereocenters. The minimum absolute atomic E-state index is 0.0600. The molecule has 1 unspecified atom stereocenters. The molecule has 3 heteroatoms. The van der Waals surface area contributed by atoms with Gasteiger partial charge in [0.1, 0.15) is 0 Å². The largest absolute Gasteiger partial charge is 0.473 e. The van der Waals surface area contributed by atoms with Crippen molar-refractivity contribution in [2.24, 2.45) is 0 Å². The summed E-state index contributed by atoms with van der Waals surface area (Å²) in [4.78, 5) is 0. The average Bonchev–Trinajstić information content (AvgIpc) is 2.07. The van der Waals surface area contributed by atoms with Gasteiger partial charge in [0, 0.05) is 13.5 Å². The van der Waals surface area contributed by atoms with Crippen molar-refractivity contribution in [2.75, 3.05) is 20.3 Å². The van der Waals surface area contributed by atoms with Crippen LogP contribution in [0.2, 0.25) is 0 Å². The van der Waals surface area contributed by atoms with Crippen LogP contribution < -0.4 is 0 Å². The van der Waals surface area contributed by atoms with Crippen molar-refractivity contribution >= 4 is 0 Å². The van der Waals surface area contributed by atoms with E-state index >= 15 is 0 Å². The Kier molecular flexibility index (Phi) is 4.01. The van der Waals surface area contributed by atoms with E-state index in [1.165, 1.54) is 0 Å². The molecule has 1 aliphatic heterocycles. The quantitative estimate of drug-likeness (QED) is 0.577. The highest BCUT2D eigenvalue weighted by Gasteiger charge is 2.09. The summed E-state index contributed by atoms with van der Waals surface area (Å²) in [6.07, 6.45) is 5.62. The summed E-state index contributed by atoms with van der Waals surface area (Å²) in [6, 6.07) is 0. The third-order valence-corrected chi connectivity index (χ3v) is 1.49. The maximum atomic E-state index is 5.32. The van der Waals surface area contributed by atoms with Gasteiger partial charge in [0.05, 0.1) is 19.5 Å². The van der Waals surface area contributed by atoms with E-state index in [9.17, 15) is 0 Å². The van der Waals surface area contributed by atoms with E-state index in [0.717, 1.165) is 12.8 Å². The number of hydrogen-bond acceptors (Lipinski definition) is 3. The molecule has 0 aromatic carbocycles. The summed E-state index contributed by atoms with van der Waals surface area (Å²) in [5, 5.41) is 0. The zero-order valence-corrected chi connectivity index (χ0v) is 6.79. The lowest BCUT2D eigenvalue weighted by Crippen LogP contribution is -2.19. The van der Waals surface area contributed by atoms with E-state index in [1.807, 2.05) is 6.08 Å². The van der Waals surface area contributed by atoms with Gasteiger partial charge in [-0.3, -0.25) is 0 Å². The highest BCUT2D eigenvalue weighted by molar-refractivity contribution is 4.78. The molecule has 1 heterocycles. The van der Waals surface area contributed by atoms with Gasteiger partial charge in [-0.2, -0.15) is 0 Å². The number of hydrogen-bond donors (Lipinski definition) is 0. The lowest BCUT2D eigenvalue weighted by molar-refractivity contribution is -0.123. The van der Waals surface area contributed by atoms with Gasteiger partial charge in [-0.05, 0) is 12.5 Å². The fraction of sp³-hybridized carbons (Fsp3) is 0.750. The van der Waals surface area contributed by atoms with Crippen LogP contribution in [0.3, 0.4) is 0 Å². The molecule has 0 radical (unpaired) electrons. The molecule has 1 rings (SSSR count). The van der Waals surface area contributed by atoms with Crippen LogP contribution in [0.25, 0.3) is 0 Å². The normalized spacial score (nSPS) is 23.2. The van der Waals surface area contributed by atoms with Crippen LogP contribution in [0.4, 0.5) is 0 Å². The van der Waals surface area contributed by atoms with Crippen LogP contribution in [-0.2, 0) is 14.2 Å². The third-order valence-electron chi connectivity index (χ3n) is 1.49. The van der Waals surface area contributed by atoms with Crippen molar-refractivity contribution in [2.45, 2.75) is 19.1 Å². The Morgan fingerprint density at radius 3 is 3.09 bits per heavy atom. The Labute approximate surface area is 66.9 Å². The first-order valence-corrected chi connectivity index (χ1v) is 3.84. The van der Waals surface area contributed by atoms with Gasteiger partial charge in [-0.25, -0.2) is 0 Å². The standard InChI is InChI=1S/C8H14O3/c1-9-6-7-11-8-4-2-3-5-10-8/h3,5,8H,2,4,6-7H2,1H3. The Bertz CT molecular complexity index is 123. The molecule has 0 aromatic heterocycles. The maximum Gasteiger partial charge on any atom is 0.199 e. The van der Waals surface area contributed by atoms with Gasteiger partial charge in [0.25, 0.3) is 0 Å². The summed E-state index contributed by atoms with van der Waals surface area (Å²) in [7, 11) is 1.66. The Morgan fingerprint density at radius 1 is 1.55 bits per heavy atom. The van der Waals surface area contributed by atoms with Crippen molar-refractivity contribution < 1.29 is 14.2 Å². The molecule has 1 aliphatic rings. The molecule has 11 heavy (non-hydrogen) atoms. The second-order valence-electron chi connectivity index (χ2n) is 2.38. The Morgan fingerprint density at radius 2 is 2.45 bits per heavy atom. The molecular weight excluding hydrogens is 144 g/mol. The topological polar surface area (TPSA) is 27.7 Å². The van der Waals surface area contributed by atoms with Crippen molar-refractivity contribution in [3.05, 3.63) is 12.3 Å². The highest BCUT2D eigenvalue weighted by Crippen LogP contribution is 2.10. The monoisotopic (exact) mass is 158 g/mol. The van der Waals surface area contributed by atoms with Crippen molar-refractivity contribution in [3.8, 4) is 0 Å². The molecule has 64 valence electrons. The smallest absolute Gasteiger partial charge is 0.199 e. The molecule has 0 saturated heterocycles. The molecule has 0 saturated carbocycles. The molecular formula is C8H14O3. The van der Waals surface area contributed by atoms with Crippen LogP contribution in [0.1, 0.15) is 12.8 Å². The molecule has 0 aromatic rings. The third kappa shape index (κ3) is 3.39. The minimum Gasteiger partial charge on any atom is -0.473 e. The molecule has 0 aliphatic carbocycles. The summed E-state index contributed by atoms with van der Waals surface area (Å²) in [5.74, 6) is 0. The van der Waals surface area contributed by atoms with E-state index in [-0.39, 0.29) is 6.29 Å². The Balaban J connectivity index is 2.02. The molecule has 0 amide bonds. The second kappa shape index (κ2) is 5.16. The molecule has 3 nitrogen and oxygen atoms in total. The van der Waals surface area contributed by atoms with Gasteiger partial charge in [0.15, 0.2) is 6.29 Å². The number of methoxy groups -OCH3 is 1. The van der Waals surface area contributed by atoms with Gasteiger partial charge >= 0.3 is 0 Å². The van der Waals surface area contributed by atoms with Crippen LogP contribution in [0.5, 0.6) is 0 Å². The number of allylic oxidation sites excluding steroid dienone is 1. The maximum absolute atomic E-state index is 5.32. The molecule has 0 spiro atoms. The van der Waals surface area contributed by atoms with Crippen molar-refractivity contribution in [3.63, 3.8) is 0 Å². The van der Waals surface area contributed by atoms with Crippen molar-refractivity contribution in [1.82, 2.24) is 0 Å². The number of ether oxygens (including phenoxy) is 3. The SMILES string of the molecule is COCCOC1CCC=CO1. The fourth-order valence-corrected chi connectivity index (χ4v) is 0.897. The summed E-state index contributed by atoms with van der Waals surface area (Å²) in [6.45, 7) is 1.23. The molecule has 0 N–H and O–H groups in total. The van der Waals surface area contributed by atoms with Gasteiger partial charge in [-0.1, -0.05) is 0 Å².